The number of hydrogen-bond acceptors (Lipinski definition) is 7. The molecule has 1 aromatic rings. The van der Waals surface area contributed by atoms with E-state index in [4.69, 9.17) is 17.0 Å². The number of anilines is 1. The maximum atomic E-state index is 13.3. The number of thiocarbonyl (C=S) groups is 1. The van der Waals surface area contributed by atoms with Crippen LogP contribution in [0.4, 0.5) is 5.82 Å². The largest absolute Gasteiger partial charge is 0.383 e. The van der Waals surface area contributed by atoms with Crippen LogP contribution in [0.1, 0.15) is 56.2 Å². The molecule has 2 saturated heterocycles. The van der Waals surface area contributed by atoms with E-state index in [0.29, 0.717) is 40.4 Å². The fraction of sp³-hybridized carbons (Fsp3) is 0.583. The van der Waals surface area contributed by atoms with Crippen molar-refractivity contribution in [2.45, 2.75) is 53.0 Å². The highest BCUT2D eigenvalue weighted by atomic mass is 32.2. The van der Waals surface area contributed by atoms with Crippen LogP contribution in [0, 0.1) is 24.2 Å². The minimum Gasteiger partial charge on any atom is -0.383 e. The Morgan fingerprint density at radius 3 is 2.73 bits per heavy atom. The van der Waals surface area contributed by atoms with Gasteiger partial charge in [-0.05, 0) is 43.7 Å². The van der Waals surface area contributed by atoms with E-state index in [1.54, 1.807) is 23.5 Å². The van der Waals surface area contributed by atoms with E-state index in [-0.39, 0.29) is 17.0 Å². The predicted octanol–water partition coefficient (Wildman–Crippen LogP) is 3.91. The molecule has 0 radical (unpaired) electrons. The number of carbonyl (C=O) groups excluding carboxylic acids is 1. The molecule has 1 aromatic heterocycles. The molecule has 3 rings (SSSR count). The monoisotopic (exact) mass is 488 g/mol. The van der Waals surface area contributed by atoms with E-state index in [2.05, 4.69) is 24.8 Å². The first-order chi connectivity index (χ1) is 15.8. The minimum atomic E-state index is -0.249. The maximum absolute atomic E-state index is 13.3. The Balaban J connectivity index is 2.20. The topological polar surface area (TPSA) is 78.6 Å². The molecule has 1 unspecified atom stereocenters. The van der Waals surface area contributed by atoms with Crippen molar-refractivity contribution in [3.63, 3.8) is 0 Å². The molecule has 1 atom stereocenters. The minimum absolute atomic E-state index is 0.140. The van der Waals surface area contributed by atoms with Crippen LogP contribution >= 0.6 is 24.0 Å². The van der Waals surface area contributed by atoms with Gasteiger partial charge in [0.15, 0.2) is 0 Å². The zero-order chi connectivity index (χ0) is 24.1. The van der Waals surface area contributed by atoms with Gasteiger partial charge in [0.1, 0.15) is 21.8 Å². The summed E-state index contributed by atoms with van der Waals surface area (Å²) in [6.07, 6.45) is 5.80. The Bertz CT molecular complexity index is 1060. The normalized spacial score (nSPS) is 20.1. The summed E-state index contributed by atoms with van der Waals surface area (Å²) in [4.78, 5) is 30.7. The van der Waals surface area contributed by atoms with Crippen LogP contribution in [0.15, 0.2) is 9.70 Å². The lowest BCUT2D eigenvalue weighted by Crippen LogP contribution is -2.40. The molecular weight excluding hydrogens is 456 g/mol. The molecule has 0 N–H and O–H groups in total. The molecule has 0 bridgehead atoms. The number of rotatable bonds is 8. The highest BCUT2D eigenvalue weighted by Crippen LogP contribution is 2.36. The third-order valence-electron chi connectivity index (χ3n) is 6.21. The number of nitriles is 1. The first-order valence-electron chi connectivity index (χ1n) is 11.5. The lowest BCUT2D eigenvalue weighted by molar-refractivity contribution is -0.122. The number of hydrogen-bond donors (Lipinski definition) is 0. The van der Waals surface area contributed by atoms with Crippen LogP contribution in [0.5, 0.6) is 0 Å². The molecule has 2 fully saturated rings. The number of piperidine rings is 1. The first-order valence-corrected chi connectivity index (χ1v) is 12.7. The third-order valence-corrected chi connectivity index (χ3v) is 7.58. The predicted molar refractivity (Wildman–Crippen MR) is 137 cm³/mol. The average molecular weight is 489 g/mol. The van der Waals surface area contributed by atoms with Gasteiger partial charge >= 0.3 is 0 Å². The lowest BCUT2D eigenvalue weighted by Gasteiger charge is -2.36. The second-order valence-electron chi connectivity index (χ2n) is 8.68. The van der Waals surface area contributed by atoms with Crippen LogP contribution in [0.3, 0.4) is 0 Å². The molecule has 3 heterocycles. The van der Waals surface area contributed by atoms with Crippen molar-refractivity contribution in [1.29, 1.82) is 5.26 Å². The van der Waals surface area contributed by atoms with Gasteiger partial charge < -0.3 is 9.64 Å². The van der Waals surface area contributed by atoms with Gasteiger partial charge in [-0.1, -0.05) is 44.2 Å². The highest BCUT2D eigenvalue weighted by molar-refractivity contribution is 8.26. The van der Waals surface area contributed by atoms with Crippen LogP contribution < -0.4 is 10.5 Å². The smallest absolute Gasteiger partial charge is 0.270 e. The van der Waals surface area contributed by atoms with Gasteiger partial charge in [-0.2, -0.15) is 5.26 Å². The second kappa shape index (κ2) is 11.3. The number of amides is 1. The molecule has 0 spiro atoms. The molecule has 0 aliphatic carbocycles. The van der Waals surface area contributed by atoms with Gasteiger partial charge in [-0.25, -0.2) is 0 Å². The van der Waals surface area contributed by atoms with Gasteiger partial charge in [0.2, 0.25) is 0 Å². The summed E-state index contributed by atoms with van der Waals surface area (Å²) in [6.45, 7) is 9.13. The number of unbranched alkanes of at least 4 members (excludes halogenated alkanes) is 1. The van der Waals surface area contributed by atoms with Crippen LogP contribution in [-0.2, 0) is 16.1 Å². The fourth-order valence-electron chi connectivity index (χ4n) is 4.40. The van der Waals surface area contributed by atoms with E-state index in [9.17, 15) is 14.9 Å². The Morgan fingerprint density at radius 2 is 2.09 bits per heavy atom. The highest BCUT2D eigenvalue weighted by Gasteiger charge is 2.33. The second-order valence-corrected chi connectivity index (χ2v) is 10.4. The van der Waals surface area contributed by atoms with Crippen molar-refractivity contribution in [2.75, 3.05) is 38.3 Å². The van der Waals surface area contributed by atoms with Crippen molar-refractivity contribution in [3.05, 3.63) is 31.9 Å². The number of ether oxygens (including phenoxy) is 1. The summed E-state index contributed by atoms with van der Waals surface area (Å²) in [7, 11) is 1.59. The average Bonchev–Trinajstić information content (AvgIpc) is 3.05. The van der Waals surface area contributed by atoms with Gasteiger partial charge in [0.25, 0.3) is 11.5 Å². The number of carbonyl (C=O) groups is 1. The summed E-state index contributed by atoms with van der Waals surface area (Å²) in [5.74, 6) is 1.16. The van der Waals surface area contributed by atoms with E-state index in [1.165, 1.54) is 11.8 Å². The van der Waals surface area contributed by atoms with Crippen LogP contribution in [0.25, 0.3) is 6.08 Å². The number of thioether (sulfide) groups is 1. The van der Waals surface area contributed by atoms with E-state index in [1.807, 2.05) is 6.08 Å². The Labute approximate surface area is 205 Å². The molecule has 178 valence electrons. The molecule has 9 heteroatoms. The maximum Gasteiger partial charge on any atom is 0.270 e. The van der Waals surface area contributed by atoms with Crippen molar-refractivity contribution in [1.82, 2.24) is 9.47 Å². The van der Waals surface area contributed by atoms with Gasteiger partial charge in [-0.15, -0.1) is 0 Å². The zero-order valence-electron chi connectivity index (χ0n) is 19.8. The Hall–Kier alpha value is -2.15. The third kappa shape index (κ3) is 5.34. The molecule has 33 heavy (non-hydrogen) atoms. The quantitative estimate of drug-likeness (QED) is 0.405. The standard InChI is InChI=1S/C24H32N4O3S2/c1-5-6-10-27-21(26-9-7-8-16(2)15-26)18(17(3)19(14-25)22(27)29)13-20-23(30)28(11-12-31-4)24(32)33-20/h13,16H,5-12,15H2,1-4H3/b20-13+. The fourth-order valence-corrected chi connectivity index (χ4v) is 5.69. The lowest BCUT2D eigenvalue weighted by atomic mass is 9.98. The molecule has 2 aliphatic heterocycles. The molecule has 1 amide bonds. The molecule has 7 nitrogen and oxygen atoms in total. The zero-order valence-corrected chi connectivity index (χ0v) is 21.5. The number of pyridine rings is 1. The van der Waals surface area contributed by atoms with E-state index >= 15 is 0 Å². The van der Waals surface area contributed by atoms with E-state index < -0.39 is 0 Å². The summed E-state index contributed by atoms with van der Waals surface area (Å²) in [5, 5.41) is 9.80. The van der Waals surface area contributed by atoms with Gasteiger partial charge in [-0.3, -0.25) is 19.1 Å². The molecule has 0 saturated carbocycles. The number of methoxy groups -OCH3 is 1. The van der Waals surface area contributed by atoms with Crippen LogP contribution in [-0.4, -0.2) is 53.0 Å². The summed E-state index contributed by atoms with van der Waals surface area (Å²) in [6, 6.07) is 2.12. The number of nitrogens with zero attached hydrogens (tertiary/aromatic N) is 4. The summed E-state index contributed by atoms with van der Waals surface area (Å²) in [5.41, 5.74) is 1.27. The SMILES string of the molecule is CCCCn1c(N2CCCC(C)C2)c(/C=C2/SC(=S)N(CCOC)C2=O)c(C)c(C#N)c1=O. The summed E-state index contributed by atoms with van der Waals surface area (Å²) >= 11 is 6.69. The molecular formula is C24H32N4O3S2. The van der Waals surface area contributed by atoms with Crippen molar-refractivity contribution < 1.29 is 9.53 Å². The van der Waals surface area contributed by atoms with Gasteiger partial charge in [0, 0.05) is 32.3 Å². The van der Waals surface area contributed by atoms with E-state index in [0.717, 1.165) is 50.2 Å². The van der Waals surface area contributed by atoms with Crippen molar-refractivity contribution >= 4 is 46.1 Å². The number of aromatic nitrogens is 1. The van der Waals surface area contributed by atoms with Crippen LogP contribution in [0.2, 0.25) is 0 Å². The summed E-state index contributed by atoms with van der Waals surface area (Å²) < 4.78 is 7.36. The molecule has 0 aromatic carbocycles. The van der Waals surface area contributed by atoms with Crippen molar-refractivity contribution in [2.24, 2.45) is 5.92 Å². The Morgan fingerprint density at radius 1 is 1.33 bits per heavy atom. The van der Waals surface area contributed by atoms with Gasteiger partial charge in [0.05, 0.1) is 18.1 Å². The first kappa shape index (κ1) is 25.5. The Kier molecular flexibility index (Phi) is 8.74. The molecule has 2 aliphatic rings. The van der Waals surface area contributed by atoms with Crippen molar-refractivity contribution in [3.8, 4) is 6.07 Å².